The van der Waals surface area contributed by atoms with Gasteiger partial charge >= 0.3 is 17.9 Å². The molecule has 0 heterocycles. The summed E-state index contributed by atoms with van der Waals surface area (Å²) in [5.41, 5.74) is 0. The van der Waals surface area contributed by atoms with Gasteiger partial charge in [-0.3, -0.25) is 9.59 Å². The number of rotatable bonds is 6. The standard InChI is InChI=1S/C9H12O6/c1-3-8(12)15-5(2)6(9(13)14)4-7(10)11/h3,5-6H,1,4H2,2H3,(H,10,11)(H,13,14). The number of hydrogen-bond donors (Lipinski definition) is 2. The van der Waals surface area contributed by atoms with Gasteiger partial charge in [-0.15, -0.1) is 0 Å². The average molecular weight is 216 g/mol. The van der Waals surface area contributed by atoms with E-state index in [0.29, 0.717) is 0 Å². The summed E-state index contributed by atoms with van der Waals surface area (Å²) in [6, 6.07) is 0. The molecular weight excluding hydrogens is 204 g/mol. The second kappa shape index (κ2) is 5.79. The zero-order chi connectivity index (χ0) is 12.0. The Labute approximate surface area is 86.2 Å². The van der Waals surface area contributed by atoms with Crippen molar-refractivity contribution in [3.05, 3.63) is 12.7 Å². The topological polar surface area (TPSA) is 101 Å². The van der Waals surface area contributed by atoms with Crippen LogP contribution in [0.5, 0.6) is 0 Å². The molecule has 2 atom stereocenters. The van der Waals surface area contributed by atoms with Crippen LogP contribution in [-0.2, 0) is 19.1 Å². The van der Waals surface area contributed by atoms with E-state index < -0.39 is 36.4 Å². The predicted octanol–water partition coefficient (Wildman–Crippen LogP) is 0.280. The second-order valence-electron chi connectivity index (χ2n) is 2.89. The van der Waals surface area contributed by atoms with Crippen molar-refractivity contribution in [3.63, 3.8) is 0 Å². The highest BCUT2D eigenvalue weighted by molar-refractivity contribution is 5.82. The molecule has 0 aromatic rings. The van der Waals surface area contributed by atoms with E-state index in [2.05, 4.69) is 11.3 Å². The van der Waals surface area contributed by atoms with Crippen molar-refractivity contribution in [3.8, 4) is 0 Å². The first-order chi connectivity index (χ1) is 6.88. The Morgan fingerprint density at radius 1 is 1.40 bits per heavy atom. The van der Waals surface area contributed by atoms with Gasteiger partial charge < -0.3 is 14.9 Å². The van der Waals surface area contributed by atoms with Gasteiger partial charge in [0.15, 0.2) is 0 Å². The van der Waals surface area contributed by atoms with Crippen molar-refractivity contribution in [2.45, 2.75) is 19.4 Å². The normalized spacial score (nSPS) is 13.7. The number of carboxylic acids is 2. The molecule has 15 heavy (non-hydrogen) atoms. The zero-order valence-electron chi connectivity index (χ0n) is 8.17. The quantitative estimate of drug-likeness (QED) is 0.488. The number of hydrogen-bond acceptors (Lipinski definition) is 4. The molecule has 0 saturated carbocycles. The third kappa shape index (κ3) is 4.80. The molecule has 6 nitrogen and oxygen atoms in total. The minimum absolute atomic E-state index is 0.596. The van der Waals surface area contributed by atoms with Crippen molar-refractivity contribution in [1.29, 1.82) is 0 Å². The fourth-order valence-electron chi connectivity index (χ4n) is 0.956. The summed E-state index contributed by atoms with van der Waals surface area (Å²) in [6.45, 7) is 4.46. The summed E-state index contributed by atoms with van der Waals surface area (Å²) in [6.07, 6.45) is -0.721. The van der Waals surface area contributed by atoms with Crippen molar-refractivity contribution in [2.24, 2.45) is 5.92 Å². The Balaban J connectivity index is 4.48. The lowest BCUT2D eigenvalue weighted by atomic mass is 10.00. The first-order valence-electron chi connectivity index (χ1n) is 4.16. The number of ether oxygens (including phenoxy) is 1. The van der Waals surface area contributed by atoms with Crippen LogP contribution < -0.4 is 0 Å². The smallest absolute Gasteiger partial charge is 0.330 e. The van der Waals surface area contributed by atoms with Gasteiger partial charge in [0, 0.05) is 6.08 Å². The lowest BCUT2D eigenvalue weighted by Crippen LogP contribution is -2.31. The maximum absolute atomic E-state index is 10.8. The molecule has 0 bridgehead atoms. The lowest BCUT2D eigenvalue weighted by Gasteiger charge is -2.18. The molecular formula is C9H12O6. The Hall–Kier alpha value is -1.85. The van der Waals surface area contributed by atoms with Gasteiger partial charge in [0.05, 0.1) is 6.42 Å². The SMILES string of the molecule is C=CC(=O)OC(C)C(CC(=O)O)C(=O)O. The number of carboxylic acid groups (broad SMARTS) is 2. The fraction of sp³-hybridized carbons (Fsp3) is 0.444. The summed E-state index contributed by atoms with van der Waals surface area (Å²) in [7, 11) is 0. The fourth-order valence-corrected chi connectivity index (χ4v) is 0.956. The van der Waals surface area contributed by atoms with E-state index in [-0.39, 0.29) is 0 Å². The van der Waals surface area contributed by atoms with Crippen molar-refractivity contribution >= 4 is 17.9 Å². The van der Waals surface area contributed by atoms with Crippen LogP contribution in [0.1, 0.15) is 13.3 Å². The van der Waals surface area contributed by atoms with Crippen molar-refractivity contribution in [2.75, 3.05) is 0 Å². The molecule has 0 fully saturated rings. The van der Waals surface area contributed by atoms with E-state index >= 15 is 0 Å². The minimum Gasteiger partial charge on any atom is -0.481 e. The predicted molar refractivity (Wildman–Crippen MR) is 49.1 cm³/mol. The summed E-state index contributed by atoms with van der Waals surface area (Å²) < 4.78 is 4.62. The highest BCUT2D eigenvalue weighted by Gasteiger charge is 2.29. The van der Waals surface area contributed by atoms with Crippen LogP contribution in [-0.4, -0.2) is 34.2 Å². The van der Waals surface area contributed by atoms with Crippen LogP contribution >= 0.6 is 0 Å². The number of carbonyl (C=O) groups excluding carboxylic acids is 1. The Kier molecular flexibility index (Phi) is 5.08. The molecule has 84 valence electrons. The van der Waals surface area contributed by atoms with Gasteiger partial charge in [-0.25, -0.2) is 4.79 Å². The third-order valence-electron chi connectivity index (χ3n) is 1.75. The molecule has 2 unspecified atom stereocenters. The average Bonchev–Trinajstić information content (AvgIpc) is 2.12. The summed E-state index contributed by atoms with van der Waals surface area (Å²) in [5, 5.41) is 17.1. The maximum atomic E-state index is 10.8. The highest BCUT2D eigenvalue weighted by atomic mass is 16.5. The monoisotopic (exact) mass is 216 g/mol. The lowest BCUT2D eigenvalue weighted by molar-refractivity contribution is -0.158. The van der Waals surface area contributed by atoms with Crippen molar-refractivity contribution < 1.29 is 29.3 Å². The van der Waals surface area contributed by atoms with Crippen molar-refractivity contribution in [1.82, 2.24) is 0 Å². The largest absolute Gasteiger partial charge is 0.481 e. The number of carbonyl (C=O) groups is 3. The molecule has 0 amide bonds. The maximum Gasteiger partial charge on any atom is 0.330 e. The third-order valence-corrected chi connectivity index (χ3v) is 1.75. The van der Waals surface area contributed by atoms with E-state index in [9.17, 15) is 14.4 Å². The van der Waals surface area contributed by atoms with Crippen LogP contribution in [0.15, 0.2) is 12.7 Å². The van der Waals surface area contributed by atoms with E-state index in [1.807, 2.05) is 0 Å². The molecule has 0 radical (unpaired) electrons. The van der Waals surface area contributed by atoms with Crippen LogP contribution in [0.4, 0.5) is 0 Å². The molecule has 6 heteroatoms. The molecule has 0 aromatic carbocycles. The van der Waals surface area contributed by atoms with Gasteiger partial charge in [-0.1, -0.05) is 6.58 Å². The van der Waals surface area contributed by atoms with E-state index in [1.165, 1.54) is 6.92 Å². The van der Waals surface area contributed by atoms with Crippen LogP contribution in [0.2, 0.25) is 0 Å². The zero-order valence-corrected chi connectivity index (χ0v) is 8.17. The summed E-state index contributed by atoms with van der Waals surface area (Å²) in [5.74, 6) is -4.61. The molecule has 0 aliphatic heterocycles. The van der Waals surface area contributed by atoms with Crippen LogP contribution in [0.3, 0.4) is 0 Å². The van der Waals surface area contributed by atoms with Gasteiger partial charge in [0.2, 0.25) is 0 Å². The highest BCUT2D eigenvalue weighted by Crippen LogP contribution is 2.13. The summed E-state index contributed by atoms with van der Waals surface area (Å²) >= 11 is 0. The van der Waals surface area contributed by atoms with Gasteiger partial charge in [-0.2, -0.15) is 0 Å². The summed E-state index contributed by atoms with van der Waals surface area (Å²) in [4.78, 5) is 31.8. The molecule has 0 aromatic heterocycles. The number of aliphatic carboxylic acids is 2. The Bertz CT molecular complexity index is 282. The minimum atomic E-state index is -1.32. The first kappa shape index (κ1) is 13.2. The molecule has 0 rings (SSSR count). The molecule has 0 spiro atoms. The Morgan fingerprint density at radius 3 is 2.27 bits per heavy atom. The van der Waals surface area contributed by atoms with E-state index in [0.717, 1.165) is 6.08 Å². The van der Waals surface area contributed by atoms with Gasteiger partial charge in [0.25, 0.3) is 0 Å². The molecule has 2 N–H and O–H groups in total. The Morgan fingerprint density at radius 2 is 1.93 bits per heavy atom. The van der Waals surface area contributed by atoms with E-state index in [4.69, 9.17) is 10.2 Å². The molecule has 0 aliphatic rings. The number of esters is 1. The van der Waals surface area contributed by atoms with E-state index in [1.54, 1.807) is 0 Å². The van der Waals surface area contributed by atoms with Crippen LogP contribution in [0.25, 0.3) is 0 Å². The molecule has 0 aliphatic carbocycles. The van der Waals surface area contributed by atoms with Gasteiger partial charge in [-0.05, 0) is 6.92 Å². The molecule has 0 saturated heterocycles. The van der Waals surface area contributed by atoms with Gasteiger partial charge in [0.1, 0.15) is 12.0 Å². The first-order valence-corrected chi connectivity index (χ1v) is 4.16. The van der Waals surface area contributed by atoms with Crippen LogP contribution in [0, 0.1) is 5.92 Å². The second-order valence-corrected chi connectivity index (χ2v) is 2.89.